The Morgan fingerprint density at radius 2 is 2.39 bits per heavy atom. The molecule has 100 valence electrons. The van der Waals surface area contributed by atoms with Gasteiger partial charge in [-0.25, -0.2) is 0 Å². The van der Waals surface area contributed by atoms with Crippen molar-refractivity contribution in [2.75, 3.05) is 32.2 Å². The predicted octanol–water partition coefficient (Wildman–Crippen LogP) is 3.14. The van der Waals surface area contributed by atoms with Crippen LogP contribution in [0.1, 0.15) is 24.3 Å². The Hall–Kier alpha value is -0.670. The maximum absolute atomic E-state index is 5.34. The molecule has 2 rings (SSSR count). The number of rotatable bonds is 5. The van der Waals surface area contributed by atoms with Crippen molar-refractivity contribution in [1.29, 1.82) is 0 Å². The number of hydrogen-bond donors (Lipinski definition) is 1. The molecule has 2 nitrogen and oxygen atoms in total. The molecule has 1 aromatic carbocycles. The molecule has 18 heavy (non-hydrogen) atoms. The maximum Gasteiger partial charge on any atom is 0.119 e. The summed E-state index contributed by atoms with van der Waals surface area (Å²) in [5, 5.41) is 3.35. The predicted molar refractivity (Wildman–Crippen MR) is 79.7 cm³/mol. The average Bonchev–Trinajstić information content (AvgIpc) is 2.46. The third-order valence-corrected chi connectivity index (χ3v) is 4.95. The van der Waals surface area contributed by atoms with Crippen molar-refractivity contribution in [3.05, 3.63) is 29.8 Å². The van der Waals surface area contributed by atoms with Crippen LogP contribution < -0.4 is 10.1 Å². The zero-order valence-corrected chi connectivity index (χ0v) is 12.1. The number of methoxy groups -OCH3 is 1. The van der Waals surface area contributed by atoms with Gasteiger partial charge in [-0.2, -0.15) is 11.8 Å². The molecule has 0 aliphatic carbocycles. The van der Waals surface area contributed by atoms with E-state index in [1.165, 1.54) is 29.9 Å². The van der Waals surface area contributed by atoms with Gasteiger partial charge in [0.1, 0.15) is 5.75 Å². The standard InChI is InChI=1S/C15H23NOS/c1-16-10-15(13-6-4-8-18-11-13)12-5-3-7-14(9-12)17-2/h3,5,7,9,13,15-16H,4,6,8,10-11H2,1-2H3. The number of nitrogens with one attached hydrogen (secondary N) is 1. The fourth-order valence-electron chi connectivity index (χ4n) is 2.73. The number of hydrogen-bond acceptors (Lipinski definition) is 3. The molecule has 0 radical (unpaired) electrons. The van der Waals surface area contributed by atoms with Gasteiger partial charge in [0, 0.05) is 12.5 Å². The highest BCUT2D eigenvalue weighted by atomic mass is 32.2. The van der Waals surface area contributed by atoms with Gasteiger partial charge in [-0.05, 0) is 55.0 Å². The van der Waals surface area contributed by atoms with E-state index in [1.807, 2.05) is 13.1 Å². The minimum absolute atomic E-state index is 0.609. The molecule has 2 atom stereocenters. The molecule has 1 aliphatic heterocycles. The summed E-state index contributed by atoms with van der Waals surface area (Å²) in [6.45, 7) is 1.05. The average molecular weight is 265 g/mol. The van der Waals surface area contributed by atoms with Crippen LogP contribution >= 0.6 is 11.8 Å². The van der Waals surface area contributed by atoms with Gasteiger partial charge in [0.05, 0.1) is 7.11 Å². The Labute approximate surface area is 114 Å². The molecule has 1 N–H and O–H groups in total. The molecule has 1 saturated heterocycles. The Balaban J connectivity index is 2.16. The van der Waals surface area contributed by atoms with Crippen LogP contribution in [0, 0.1) is 5.92 Å². The molecular weight excluding hydrogens is 242 g/mol. The lowest BCUT2D eigenvalue weighted by Crippen LogP contribution is -2.27. The SMILES string of the molecule is CNCC(c1cccc(OC)c1)C1CCCSC1. The minimum atomic E-state index is 0.609. The van der Waals surface area contributed by atoms with E-state index in [0.29, 0.717) is 5.92 Å². The van der Waals surface area contributed by atoms with Gasteiger partial charge in [0.25, 0.3) is 0 Å². The van der Waals surface area contributed by atoms with Crippen molar-refractivity contribution in [1.82, 2.24) is 5.32 Å². The lowest BCUT2D eigenvalue weighted by atomic mass is 9.84. The highest BCUT2D eigenvalue weighted by Crippen LogP contribution is 2.35. The van der Waals surface area contributed by atoms with E-state index in [-0.39, 0.29) is 0 Å². The second-order valence-corrected chi connectivity index (χ2v) is 6.07. The molecular formula is C15H23NOS. The molecule has 1 heterocycles. The smallest absolute Gasteiger partial charge is 0.119 e. The fraction of sp³-hybridized carbons (Fsp3) is 0.600. The quantitative estimate of drug-likeness (QED) is 0.884. The summed E-state index contributed by atoms with van der Waals surface area (Å²) in [7, 11) is 3.78. The first-order valence-corrected chi connectivity index (χ1v) is 7.87. The van der Waals surface area contributed by atoms with Crippen LogP contribution in [0.5, 0.6) is 5.75 Å². The third kappa shape index (κ3) is 3.42. The summed E-state index contributed by atoms with van der Waals surface area (Å²) in [5.74, 6) is 5.00. The molecule has 1 aliphatic rings. The molecule has 2 unspecified atom stereocenters. The van der Waals surface area contributed by atoms with Crippen molar-refractivity contribution in [2.45, 2.75) is 18.8 Å². The Morgan fingerprint density at radius 1 is 1.50 bits per heavy atom. The van der Waals surface area contributed by atoms with E-state index in [4.69, 9.17) is 4.74 Å². The van der Waals surface area contributed by atoms with Crippen LogP contribution in [-0.2, 0) is 0 Å². The Morgan fingerprint density at radius 3 is 3.06 bits per heavy atom. The largest absolute Gasteiger partial charge is 0.497 e. The highest BCUT2D eigenvalue weighted by molar-refractivity contribution is 7.99. The van der Waals surface area contributed by atoms with E-state index in [2.05, 4.69) is 35.3 Å². The summed E-state index contributed by atoms with van der Waals surface area (Å²) >= 11 is 2.10. The zero-order valence-electron chi connectivity index (χ0n) is 11.3. The van der Waals surface area contributed by atoms with Crippen molar-refractivity contribution < 1.29 is 4.74 Å². The number of likely N-dealkylation sites (N-methyl/N-ethyl adjacent to an activating group) is 1. The van der Waals surface area contributed by atoms with E-state index in [0.717, 1.165) is 18.2 Å². The first-order valence-electron chi connectivity index (χ1n) is 6.71. The van der Waals surface area contributed by atoms with Crippen molar-refractivity contribution in [3.63, 3.8) is 0 Å². The summed E-state index contributed by atoms with van der Waals surface area (Å²) in [6, 6.07) is 8.56. The lowest BCUT2D eigenvalue weighted by molar-refractivity contribution is 0.401. The van der Waals surface area contributed by atoms with Gasteiger partial charge < -0.3 is 10.1 Å². The van der Waals surface area contributed by atoms with Gasteiger partial charge >= 0.3 is 0 Å². The summed E-state index contributed by atoms with van der Waals surface area (Å²) in [5.41, 5.74) is 1.41. The van der Waals surface area contributed by atoms with Crippen LogP contribution in [0.15, 0.2) is 24.3 Å². The Kier molecular flexibility index (Phi) is 5.39. The summed E-state index contributed by atoms with van der Waals surface area (Å²) in [4.78, 5) is 0. The molecule has 1 aromatic rings. The first kappa shape index (κ1) is 13.8. The van der Waals surface area contributed by atoms with Crippen molar-refractivity contribution in [3.8, 4) is 5.75 Å². The lowest BCUT2D eigenvalue weighted by Gasteiger charge is -2.30. The first-order chi connectivity index (χ1) is 8.85. The van der Waals surface area contributed by atoms with Crippen LogP contribution in [0.2, 0.25) is 0 Å². The van der Waals surface area contributed by atoms with Gasteiger partial charge in [-0.15, -0.1) is 0 Å². The van der Waals surface area contributed by atoms with Crippen molar-refractivity contribution in [2.24, 2.45) is 5.92 Å². The molecule has 0 saturated carbocycles. The summed E-state index contributed by atoms with van der Waals surface area (Å²) in [6.07, 6.45) is 2.72. The fourth-order valence-corrected chi connectivity index (χ4v) is 3.97. The number of ether oxygens (including phenoxy) is 1. The number of thioether (sulfide) groups is 1. The van der Waals surface area contributed by atoms with E-state index >= 15 is 0 Å². The third-order valence-electron chi connectivity index (χ3n) is 3.71. The van der Waals surface area contributed by atoms with Gasteiger partial charge in [-0.1, -0.05) is 12.1 Å². The normalized spacial score (nSPS) is 21.6. The minimum Gasteiger partial charge on any atom is -0.497 e. The van der Waals surface area contributed by atoms with Crippen molar-refractivity contribution >= 4 is 11.8 Å². The zero-order chi connectivity index (χ0) is 12.8. The van der Waals surface area contributed by atoms with Crippen LogP contribution in [0.25, 0.3) is 0 Å². The van der Waals surface area contributed by atoms with Gasteiger partial charge in [-0.3, -0.25) is 0 Å². The monoisotopic (exact) mass is 265 g/mol. The second-order valence-electron chi connectivity index (χ2n) is 4.92. The summed E-state index contributed by atoms with van der Waals surface area (Å²) < 4.78 is 5.34. The Bertz CT molecular complexity index is 363. The van der Waals surface area contributed by atoms with E-state index < -0.39 is 0 Å². The number of benzene rings is 1. The molecule has 1 fully saturated rings. The van der Waals surface area contributed by atoms with Gasteiger partial charge in [0.15, 0.2) is 0 Å². The van der Waals surface area contributed by atoms with Crippen LogP contribution in [0.3, 0.4) is 0 Å². The molecule has 0 spiro atoms. The molecule has 0 amide bonds. The molecule has 0 aromatic heterocycles. The van der Waals surface area contributed by atoms with Gasteiger partial charge in [0.2, 0.25) is 0 Å². The van der Waals surface area contributed by atoms with E-state index in [1.54, 1.807) is 7.11 Å². The highest BCUT2D eigenvalue weighted by Gasteiger charge is 2.25. The molecule has 3 heteroatoms. The van der Waals surface area contributed by atoms with E-state index in [9.17, 15) is 0 Å². The maximum atomic E-state index is 5.34. The topological polar surface area (TPSA) is 21.3 Å². The van der Waals surface area contributed by atoms with Crippen LogP contribution in [0.4, 0.5) is 0 Å². The molecule has 0 bridgehead atoms. The van der Waals surface area contributed by atoms with Crippen LogP contribution in [-0.4, -0.2) is 32.2 Å². The second kappa shape index (κ2) is 7.05.